The van der Waals surface area contributed by atoms with E-state index < -0.39 is 10.0 Å². The number of fused-ring (bicyclic) bond motifs is 2. The molecule has 6 rings (SSSR count). The average molecular weight is 761 g/mol. The zero-order chi connectivity index (χ0) is 31.7. The third-order valence-corrected chi connectivity index (χ3v) is 18.7. The Balaban J connectivity index is 1.56. The fourth-order valence-electron chi connectivity index (χ4n) is 4.91. The summed E-state index contributed by atoms with van der Waals surface area (Å²) in [5, 5.41) is 11.4. The maximum absolute atomic E-state index is 12.9. The van der Waals surface area contributed by atoms with Crippen molar-refractivity contribution in [3.8, 4) is 0 Å². The first kappa shape index (κ1) is 33.7. The predicted molar refractivity (Wildman–Crippen MR) is 215 cm³/mol. The van der Waals surface area contributed by atoms with E-state index in [4.69, 9.17) is 0 Å². The van der Waals surface area contributed by atoms with Crippen molar-refractivity contribution in [3.05, 3.63) is 105 Å². The first-order valence-corrected chi connectivity index (χ1v) is 23.1. The van der Waals surface area contributed by atoms with Crippen LogP contribution in [0.25, 0.3) is 30.0 Å². The van der Waals surface area contributed by atoms with Crippen LogP contribution < -0.4 is 15.3 Å². The van der Waals surface area contributed by atoms with Crippen molar-refractivity contribution in [2.24, 2.45) is 5.10 Å². The summed E-state index contributed by atoms with van der Waals surface area (Å²) in [7, 11) is -3.78. The van der Waals surface area contributed by atoms with E-state index in [0.29, 0.717) is 0 Å². The minimum atomic E-state index is -3.78. The van der Waals surface area contributed by atoms with E-state index in [9.17, 15) is 8.42 Å². The van der Waals surface area contributed by atoms with Crippen LogP contribution in [0.1, 0.15) is 11.1 Å². The van der Waals surface area contributed by atoms with Crippen molar-refractivity contribution in [1.82, 2.24) is 4.83 Å². The Labute approximate surface area is 298 Å². The van der Waals surface area contributed by atoms with E-state index in [1.165, 1.54) is 52.0 Å². The van der Waals surface area contributed by atoms with Gasteiger partial charge >= 0.3 is 0 Å². The number of nitrogens with zero attached hydrogens (tertiary/aromatic N) is 1. The van der Waals surface area contributed by atoms with Crippen LogP contribution in [0.4, 0.5) is 0 Å². The number of hydrogen-bond donors (Lipinski definition) is 1. The lowest BCUT2D eigenvalue weighted by atomic mass is 9.97. The second-order valence-corrected chi connectivity index (χ2v) is 20.3. The van der Waals surface area contributed by atoms with Gasteiger partial charge in [-0.05, 0) is 77.3 Å². The van der Waals surface area contributed by atoms with Crippen LogP contribution in [0.5, 0.6) is 0 Å². The van der Waals surface area contributed by atoms with Crippen LogP contribution in [0.3, 0.4) is 0 Å². The summed E-state index contributed by atoms with van der Waals surface area (Å²) in [5.41, 5.74) is 1.81. The lowest BCUT2D eigenvalue weighted by Crippen LogP contribution is -2.18. The summed E-state index contributed by atoms with van der Waals surface area (Å²) in [6.45, 7) is 1.92. The highest BCUT2D eigenvalue weighted by Crippen LogP contribution is 2.58. The van der Waals surface area contributed by atoms with Gasteiger partial charge in [-0.2, -0.15) is 13.5 Å². The van der Waals surface area contributed by atoms with E-state index in [1.807, 2.05) is 60.0 Å². The molecular weight excluding hydrogens is 733 g/mol. The van der Waals surface area contributed by atoms with Crippen molar-refractivity contribution in [3.63, 3.8) is 0 Å². The molecule has 0 saturated heterocycles. The Hall–Kier alpha value is -1.16. The Bertz CT molecular complexity index is 2120. The highest BCUT2D eigenvalue weighted by atomic mass is 32.3. The number of hydrazone groups is 1. The molecule has 0 bridgehead atoms. The topological polar surface area (TPSA) is 58.5 Å². The van der Waals surface area contributed by atoms with Gasteiger partial charge in [0.1, 0.15) is 0 Å². The molecule has 0 fully saturated rings. The first-order chi connectivity index (χ1) is 21.8. The highest BCUT2D eigenvalue weighted by molar-refractivity contribution is 8.46. The van der Waals surface area contributed by atoms with Crippen LogP contribution in [0.2, 0.25) is 0 Å². The molecule has 0 spiro atoms. The molecule has 0 aliphatic carbocycles. The predicted octanol–water partition coefficient (Wildman–Crippen LogP) is 9.41. The van der Waals surface area contributed by atoms with Gasteiger partial charge in [-0.15, -0.1) is 47.0 Å². The number of thioether (sulfide) groups is 8. The molecule has 0 radical (unpaired) electrons. The number of hydrogen-bond acceptors (Lipinski definition) is 11. The van der Waals surface area contributed by atoms with E-state index in [2.05, 4.69) is 71.4 Å². The molecule has 0 unspecified atom stereocenters. The van der Waals surface area contributed by atoms with Gasteiger partial charge in [0.25, 0.3) is 10.0 Å². The van der Waals surface area contributed by atoms with Crippen molar-refractivity contribution in [1.29, 1.82) is 0 Å². The summed E-state index contributed by atoms with van der Waals surface area (Å²) in [5.74, 6) is 0. The molecule has 0 amide bonds. The van der Waals surface area contributed by atoms with Crippen LogP contribution in [0, 0.1) is 6.92 Å². The zero-order valence-electron chi connectivity index (χ0n) is 24.9. The normalized spacial score (nSPS) is 15.9. The molecule has 2 heterocycles. The summed E-state index contributed by atoms with van der Waals surface area (Å²) in [6, 6.07) is 21.8. The summed E-state index contributed by atoms with van der Waals surface area (Å²) < 4.78 is 33.6. The maximum Gasteiger partial charge on any atom is 0.276 e. The fourth-order valence-corrected chi connectivity index (χ4v) is 16.0. The van der Waals surface area contributed by atoms with Gasteiger partial charge in [0, 0.05) is 10.4 Å². The van der Waals surface area contributed by atoms with Crippen molar-refractivity contribution in [2.45, 2.75) is 11.8 Å². The first-order valence-electron chi connectivity index (χ1n) is 13.5. The second-order valence-electron chi connectivity index (χ2n) is 9.72. The molecule has 4 aromatic carbocycles. The average Bonchev–Trinajstić information content (AvgIpc) is 3.67. The second kappa shape index (κ2) is 14.5. The Morgan fingerprint density at radius 3 is 1.60 bits per heavy atom. The molecule has 4 aromatic rings. The Kier molecular flexibility index (Phi) is 10.9. The summed E-state index contributed by atoms with van der Waals surface area (Å²) in [6.07, 6.45) is 10.2. The van der Waals surface area contributed by atoms with Crippen molar-refractivity contribution < 1.29 is 8.42 Å². The molecule has 45 heavy (non-hydrogen) atoms. The highest BCUT2D eigenvalue weighted by Gasteiger charge is 2.25. The summed E-state index contributed by atoms with van der Waals surface area (Å²) in [4.78, 5) is 2.57. The third-order valence-electron chi connectivity index (χ3n) is 6.99. The maximum atomic E-state index is 12.9. The van der Waals surface area contributed by atoms with Gasteiger partial charge in [-0.25, -0.2) is 4.83 Å². The molecule has 4 nitrogen and oxygen atoms in total. The van der Waals surface area contributed by atoms with Crippen LogP contribution >= 0.6 is 94.1 Å². The van der Waals surface area contributed by atoms with E-state index in [0.717, 1.165) is 16.5 Å². The lowest BCUT2D eigenvalue weighted by Gasteiger charge is -2.12. The van der Waals surface area contributed by atoms with E-state index >= 15 is 0 Å². The Morgan fingerprint density at radius 2 is 1.11 bits per heavy atom. The zero-order valence-corrected chi connectivity index (χ0v) is 32.2. The molecule has 2 aliphatic rings. The molecule has 1 N–H and O–H groups in total. The standard InChI is InChI=1S/C32H28N2O2S9/c1-18-10-13-20(14-11-18)45(35,36)34-33-17-19-12-15-23-24(16-19)26(28-43-31(39-4)32(40-5)44-28)22-9-7-6-8-21(22)25(23)27-41-29(37-2)30(38-3)42-27/h6-17,34H,1-5H3/b33-17+. The number of benzene rings is 4. The van der Waals surface area contributed by atoms with Gasteiger partial charge in [-0.3, -0.25) is 0 Å². The Morgan fingerprint density at radius 1 is 0.644 bits per heavy atom. The van der Waals surface area contributed by atoms with E-state index in [-0.39, 0.29) is 4.90 Å². The summed E-state index contributed by atoms with van der Waals surface area (Å²) >= 11 is 14.6. The monoisotopic (exact) mass is 760 g/mol. The van der Waals surface area contributed by atoms with Gasteiger partial charge in [0.05, 0.1) is 36.5 Å². The molecule has 0 atom stereocenters. The molecule has 232 valence electrons. The van der Waals surface area contributed by atoms with Crippen LogP contribution in [0.15, 0.2) is 93.7 Å². The van der Waals surface area contributed by atoms with Crippen LogP contribution in [-0.2, 0) is 10.0 Å². The minimum Gasteiger partial charge on any atom is -0.200 e. The molecule has 13 heteroatoms. The van der Waals surface area contributed by atoms with Gasteiger partial charge in [-0.1, -0.05) is 101 Å². The van der Waals surface area contributed by atoms with Crippen molar-refractivity contribution >= 4 is 140 Å². The minimum absolute atomic E-state index is 0.182. The molecule has 0 aromatic heterocycles. The number of nitrogens with one attached hydrogen (secondary N) is 1. The number of rotatable bonds is 8. The SMILES string of the molecule is CSC1=C(SC)SC(=c2c3ccccc3c(=C3SC(SC)=C(SC)S3)c3cc(/C=N/NS(=O)(=O)c4ccc(C)cc4)ccc23)S1. The largest absolute Gasteiger partial charge is 0.276 e. The number of sulfonamides is 1. The van der Waals surface area contributed by atoms with Crippen molar-refractivity contribution in [2.75, 3.05) is 25.0 Å². The van der Waals surface area contributed by atoms with Crippen LogP contribution in [-0.4, -0.2) is 39.7 Å². The third kappa shape index (κ3) is 6.89. The van der Waals surface area contributed by atoms with Gasteiger partial charge < -0.3 is 0 Å². The fraction of sp³-hybridized carbons (Fsp3) is 0.156. The lowest BCUT2D eigenvalue weighted by molar-refractivity contribution is 0.584. The quantitative estimate of drug-likeness (QED) is 0.107. The van der Waals surface area contributed by atoms with Gasteiger partial charge in [0.15, 0.2) is 0 Å². The van der Waals surface area contributed by atoms with Gasteiger partial charge in [0.2, 0.25) is 0 Å². The smallest absolute Gasteiger partial charge is 0.200 e. The molecule has 2 aliphatic heterocycles. The number of aryl methyl sites for hydroxylation is 1. The molecular formula is C32H28N2O2S9. The molecule has 0 saturated carbocycles. The van der Waals surface area contributed by atoms with E-state index in [1.54, 1.807) is 77.5 Å².